The standard InChI is InChI=1S/C25H27Cl2NO4S/c1-14-20(24(29)31-6)21(18-8-7-9-19(26)22(18)27)23(15(2)28-14)33(30)17-12-10-16(11-13-17)32-25(3,4)5/h7-13,21,28H,1-6H3. The Bertz CT molecular complexity index is 1160. The maximum absolute atomic E-state index is 13.9. The first kappa shape index (κ1) is 25.3. The third-order valence-electron chi connectivity index (χ3n) is 5.06. The fourth-order valence-electron chi connectivity index (χ4n) is 3.75. The molecule has 2 aromatic carbocycles. The first-order valence-corrected chi connectivity index (χ1v) is 12.3. The van der Waals surface area contributed by atoms with Crippen molar-refractivity contribution >= 4 is 40.0 Å². The summed E-state index contributed by atoms with van der Waals surface area (Å²) in [4.78, 5) is 13.9. The summed E-state index contributed by atoms with van der Waals surface area (Å²) in [6, 6.07) is 12.3. The molecule has 2 aromatic rings. The summed E-state index contributed by atoms with van der Waals surface area (Å²) >= 11 is 12.9. The lowest BCUT2D eigenvalue weighted by molar-refractivity contribution is -0.136. The van der Waals surface area contributed by atoms with Crippen LogP contribution in [-0.4, -0.2) is 22.9 Å². The number of dihydropyridines is 1. The summed E-state index contributed by atoms with van der Waals surface area (Å²) in [5, 5.41) is 3.84. The second-order valence-corrected chi connectivity index (χ2v) is 10.9. The first-order valence-electron chi connectivity index (χ1n) is 10.4. The van der Waals surface area contributed by atoms with E-state index in [0.717, 1.165) is 0 Å². The van der Waals surface area contributed by atoms with Crippen LogP contribution in [0.2, 0.25) is 10.0 Å². The number of rotatable bonds is 5. The van der Waals surface area contributed by atoms with Crippen LogP contribution in [0.3, 0.4) is 0 Å². The molecule has 0 amide bonds. The van der Waals surface area contributed by atoms with E-state index in [1.807, 2.05) is 27.7 Å². The lowest BCUT2D eigenvalue weighted by Crippen LogP contribution is -2.30. The van der Waals surface area contributed by atoms with E-state index in [9.17, 15) is 9.00 Å². The second-order valence-electron chi connectivity index (χ2n) is 8.68. The van der Waals surface area contributed by atoms with Gasteiger partial charge in [0.15, 0.2) is 0 Å². The van der Waals surface area contributed by atoms with Crippen molar-refractivity contribution < 1.29 is 18.5 Å². The van der Waals surface area contributed by atoms with Crippen LogP contribution >= 0.6 is 23.2 Å². The number of nitrogens with one attached hydrogen (secondary N) is 1. The Kier molecular flexibility index (Phi) is 7.62. The van der Waals surface area contributed by atoms with Gasteiger partial charge in [-0.25, -0.2) is 9.00 Å². The molecule has 5 nitrogen and oxygen atoms in total. The molecular weight excluding hydrogens is 481 g/mol. The minimum atomic E-state index is -1.61. The van der Waals surface area contributed by atoms with E-state index in [4.69, 9.17) is 32.7 Å². The summed E-state index contributed by atoms with van der Waals surface area (Å²) in [7, 11) is -0.299. The number of benzene rings is 2. The van der Waals surface area contributed by atoms with Crippen LogP contribution in [0.15, 0.2) is 69.2 Å². The molecule has 176 valence electrons. The van der Waals surface area contributed by atoms with Crippen LogP contribution in [0.5, 0.6) is 5.75 Å². The third-order valence-corrected chi connectivity index (χ3v) is 7.53. The Balaban J connectivity index is 2.13. The number of allylic oxidation sites excluding steroid dienone is 3. The van der Waals surface area contributed by atoms with Crippen molar-refractivity contribution in [3.63, 3.8) is 0 Å². The van der Waals surface area contributed by atoms with Gasteiger partial charge >= 0.3 is 5.97 Å². The van der Waals surface area contributed by atoms with Crippen molar-refractivity contribution in [3.8, 4) is 5.75 Å². The zero-order valence-corrected chi connectivity index (χ0v) is 21.7. The van der Waals surface area contributed by atoms with Gasteiger partial charge in [0.25, 0.3) is 0 Å². The molecule has 1 aliphatic heterocycles. The highest BCUT2D eigenvalue weighted by Crippen LogP contribution is 2.45. The fraction of sp³-hybridized carbons (Fsp3) is 0.320. The number of methoxy groups -OCH3 is 1. The van der Waals surface area contributed by atoms with E-state index >= 15 is 0 Å². The normalized spacial score (nSPS) is 17.5. The molecule has 8 heteroatoms. The Labute approximate surface area is 207 Å². The molecular formula is C25H27Cl2NO4S. The van der Waals surface area contributed by atoms with Crippen LogP contribution in [0.25, 0.3) is 0 Å². The van der Waals surface area contributed by atoms with Crippen molar-refractivity contribution in [2.24, 2.45) is 0 Å². The second kappa shape index (κ2) is 9.92. The number of ether oxygens (including phenoxy) is 2. The van der Waals surface area contributed by atoms with Gasteiger partial charge in [-0.3, -0.25) is 0 Å². The van der Waals surface area contributed by atoms with E-state index < -0.39 is 22.7 Å². The van der Waals surface area contributed by atoms with E-state index in [0.29, 0.717) is 48.1 Å². The average molecular weight is 508 g/mol. The summed E-state index contributed by atoms with van der Waals surface area (Å²) in [6.45, 7) is 9.49. The van der Waals surface area contributed by atoms with Gasteiger partial charge in [-0.2, -0.15) is 0 Å². The lowest BCUT2D eigenvalue weighted by atomic mass is 9.86. The smallest absolute Gasteiger partial charge is 0.336 e. The summed E-state index contributed by atoms with van der Waals surface area (Å²) in [5.41, 5.74) is 1.85. The SMILES string of the molecule is COC(=O)C1=C(C)NC(C)=C(S(=O)c2ccc(OC(C)(C)C)cc2)C1c1cccc(Cl)c1Cl. The molecule has 3 rings (SSSR count). The lowest BCUT2D eigenvalue weighted by Gasteiger charge is -2.31. The highest BCUT2D eigenvalue weighted by Gasteiger charge is 2.38. The molecule has 1 heterocycles. The molecule has 0 saturated heterocycles. The molecule has 2 atom stereocenters. The minimum absolute atomic E-state index is 0.302. The van der Waals surface area contributed by atoms with Gasteiger partial charge in [-0.05, 0) is 70.5 Å². The summed E-state index contributed by atoms with van der Waals surface area (Å²) < 4.78 is 24.8. The Morgan fingerprint density at radius 1 is 1.03 bits per heavy atom. The highest BCUT2D eigenvalue weighted by atomic mass is 35.5. The highest BCUT2D eigenvalue weighted by molar-refractivity contribution is 7.89. The number of carbonyl (C=O) groups is 1. The molecule has 1 aliphatic rings. The number of carbonyl (C=O) groups excluding carboxylic acids is 1. The summed E-state index contributed by atoms with van der Waals surface area (Å²) in [5.74, 6) is -0.552. The minimum Gasteiger partial charge on any atom is -0.488 e. The Morgan fingerprint density at radius 2 is 1.67 bits per heavy atom. The Morgan fingerprint density at radius 3 is 2.24 bits per heavy atom. The van der Waals surface area contributed by atoms with Gasteiger partial charge in [0, 0.05) is 16.3 Å². The molecule has 1 N–H and O–H groups in total. The van der Waals surface area contributed by atoms with Crippen LogP contribution in [-0.2, 0) is 20.3 Å². The van der Waals surface area contributed by atoms with Gasteiger partial charge in [-0.1, -0.05) is 35.3 Å². The predicted molar refractivity (Wildman–Crippen MR) is 133 cm³/mol. The van der Waals surface area contributed by atoms with Gasteiger partial charge in [-0.15, -0.1) is 0 Å². The predicted octanol–water partition coefficient (Wildman–Crippen LogP) is 6.34. The average Bonchev–Trinajstić information content (AvgIpc) is 2.74. The molecule has 0 bridgehead atoms. The van der Waals surface area contributed by atoms with E-state index in [-0.39, 0.29) is 5.60 Å². The van der Waals surface area contributed by atoms with Gasteiger partial charge in [0.2, 0.25) is 0 Å². The summed E-state index contributed by atoms with van der Waals surface area (Å²) in [6.07, 6.45) is 0. The van der Waals surface area contributed by atoms with Gasteiger partial charge < -0.3 is 14.8 Å². The molecule has 0 spiro atoms. The Hall–Kier alpha value is -2.28. The number of halogens is 2. The monoisotopic (exact) mass is 507 g/mol. The number of esters is 1. The zero-order chi connectivity index (χ0) is 24.5. The molecule has 33 heavy (non-hydrogen) atoms. The number of hydrogen-bond donors (Lipinski definition) is 1. The fourth-order valence-corrected chi connectivity index (χ4v) is 5.60. The molecule has 0 aliphatic carbocycles. The van der Waals surface area contributed by atoms with E-state index in [1.54, 1.807) is 49.4 Å². The third kappa shape index (κ3) is 5.45. The van der Waals surface area contributed by atoms with Crippen molar-refractivity contribution in [1.29, 1.82) is 0 Å². The zero-order valence-electron chi connectivity index (χ0n) is 19.4. The van der Waals surface area contributed by atoms with Crippen LogP contribution in [0.1, 0.15) is 46.1 Å². The molecule has 0 saturated carbocycles. The molecule has 0 aromatic heterocycles. The van der Waals surface area contributed by atoms with Crippen LogP contribution < -0.4 is 10.1 Å². The van der Waals surface area contributed by atoms with Crippen molar-refractivity contribution in [2.45, 2.75) is 51.0 Å². The van der Waals surface area contributed by atoms with E-state index in [2.05, 4.69) is 5.32 Å². The number of hydrogen-bond acceptors (Lipinski definition) is 5. The molecule has 0 radical (unpaired) electrons. The van der Waals surface area contributed by atoms with Crippen LogP contribution in [0.4, 0.5) is 0 Å². The largest absolute Gasteiger partial charge is 0.488 e. The topological polar surface area (TPSA) is 64.6 Å². The maximum Gasteiger partial charge on any atom is 0.336 e. The van der Waals surface area contributed by atoms with Crippen molar-refractivity contribution in [1.82, 2.24) is 5.32 Å². The first-order chi connectivity index (χ1) is 15.4. The van der Waals surface area contributed by atoms with E-state index in [1.165, 1.54) is 7.11 Å². The molecule has 0 fully saturated rings. The van der Waals surface area contributed by atoms with Gasteiger partial charge in [0.1, 0.15) is 11.4 Å². The van der Waals surface area contributed by atoms with Crippen molar-refractivity contribution in [3.05, 3.63) is 79.9 Å². The van der Waals surface area contributed by atoms with Crippen LogP contribution in [0, 0.1) is 0 Å². The molecule has 2 unspecified atom stereocenters. The quantitative estimate of drug-likeness (QED) is 0.478. The van der Waals surface area contributed by atoms with Crippen molar-refractivity contribution in [2.75, 3.05) is 7.11 Å². The van der Waals surface area contributed by atoms with Gasteiger partial charge in [0.05, 0.1) is 44.4 Å². The maximum atomic E-state index is 13.9.